The zero-order chi connectivity index (χ0) is 15.0. The SMILES string of the molecule is ClC(Cl)(Cl)c1nc(N2CCNCC2)nc(C(Cl)(Cl)Cl)n1. The van der Waals surface area contributed by atoms with Crippen LogP contribution in [0.4, 0.5) is 5.95 Å². The molecule has 1 saturated heterocycles. The minimum atomic E-state index is -1.82. The number of aromatic nitrogens is 3. The van der Waals surface area contributed by atoms with Gasteiger partial charge in [0, 0.05) is 26.2 Å². The van der Waals surface area contributed by atoms with E-state index in [1.165, 1.54) is 0 Å². The van der Waals surface area contributed by atoms with Crippen molar-refractivity contribution in [3.05, 3.63) is 11.6 Å². The molecular weight excluding hydrogens is 391 g/mol. The molecule has 0 saturated carbocycles. The highest BCUT2D eigenvalue weighted by atomic mass is 35.6. The van der Waals surface area contributed by atoms with E-state index in [0.717, 1.165) is 13.1 Å². The van der Waals surface area contributed by atoms with Gasteiger partial charge in [0.2, 0.25) is 13.5 Å². The molecule has 0 bridgehead atoms. The van der Waals surface area contributed by atoms with Gasteiger partial charge in [-0.15, -0.1) is 0 Å². The lowest BCUT2D eigenvalue weighted by atomic mass is 10.4. The molecule has 1 fully saturated rings. The smallest absolute Gasteiger partial charge is 0.250 e. The molecule has 0 spiro atoms. The van der Waals surface area contributed by atoms with Crippen molar-refractivity contribution >= 4 is 75.6 Å². The second kappa shape index (κ2) is 6.32. The Kier molecular flexibility index (Phi) is 5.34. The van der Waals surface area contributed by atoms with Crippen LogP contribution in [-0.4, -0.2) is 41.1 Å². The van der Waals surface area contributed by atoms with Gasteiger partial charge in [0.15, 0.2) is 11.6 Å². The molecule has 1 aromatic heterocycles. The molecule has 2 heterocycles. The maximum Gasteiger partial charge on any atom is 0.250 e. The fourth-order valence-electron chi connectivity index (χ4n) is 1.62. The maximum absolute atomic E-state index is 5.81. The van der Waals surface area contributed by atoms with Gasteiger partial charge in [0.1, 0.15) is 0 Å². The minimum absolute atomic E-state index is 0.0765. The molecule has 0 unspecified atom stereocenters. The molecule has 5 nitrogen and oxygen atoms in total. The first kappa shape index (κ1) is 16.9. The lowest BCUT2D eigenvalue weighted by molar-refractivity contribution is 0.575. The van der Waals surface area contributed by atoms with Crippen molar-refractivity contribution in [3.8, 4) is 0 Å². The molecule has 0 aliphatic carbocycles. The number of hydrogen-bond donors (Lipinski definition) is 1. The highest BCUT2D eigenvalue weighted by Crippen LogP contribution is 2.40. The minimum Gasteiger partial charge on any atom is -0.338 e. The lowest BCUT2D eigenvalue weighted by Crippen LogP contribution is -2.44. The summed E-state index contributed by atoms with van der Waals surface area (Å²) in [7, 11) is 0. The summed E-state index contributed by atoms with van der Waals surface area (Å²) in [6.45, 7) is 2.97. The second-order valence-corrected chi connectivity index (χ2v) is 8.58. The van der Waals surface area contributed by atoms with E-state index in [4.69, 9.17) is 69.6 Å². The van der Waals surface area contributed by atoms with Crippen LogP contribution in [0.3, 0.4) is 0 Å². The summed E-state index contributed by atoms with van der Waals surface area (Å²) >= 11 is 34.9. The highest BCUT2D eigenvalue weighted by molar-refractivity contribution is 6.67. The van der Waals surface area contributed by atoms with E-state index < -0.39 is 7.59 Å². The highest BCUT2D eigenvalue weighted by Gasteiger charge is 2.34. The summed E-state index contributed by atoms with van der Waals surface area (Å²) in [6.07, 6.45) is 0. The topological polar surface area (TPSA) is 53.9 Å². The molecule has 0 amide bonds. The Bertz CT molecular complexity index is 446. The van der Waals surface area contributed by atoms with Gasteiger partial charge in [-0.2, -0.15) is 9.97 Å². The van der Waals surface area contributed by atoms with Crippen LogP contribution in [0.1, 0.15) is 11.6 Å². The van der Waals surface area contributed by atoms with E-state index in [0.29, 0.717) is 19.0 Å². The van der Waals surface area contributed by atoms with E-state index in [-0.39, 0.29) is 11.6 Å². The quantitative estimate of drug-likeness (QED) is 0.736. The predicted molar refractivity (Wildman–Crippen MR) is 83.4 cm³/mol. The fraction of sp³-hybridized carbons (Fsp3) is 0.667. The Hall–Kier alpha value is 0.510. The monoisotopic (exact) mass is 397 g/mol. The first-order chi connectivity index (χ1) is 9.18. The molecule has 0 atom stereocenters. The van der Waals surface area contributed by atoms with Crippen LogP contribution >= 0.6 is 69.6 Å². The predicted octanol–water partition coefficient (Wildman–Crippen LogP) is 2.93. The first-order valence-electron chi connectivity index (χ1n) is 5.54. The van der Waals surface area contributed by atoms with Crippen LogP contribution in [0.5, 0.6) is 0 Å². The first-order valence-corrected chi connectivity index (χ1v) is 7.81. The van der Waals surface area contributed by atoms with Crippen molar-refractivity contribution in [3.63, 3.8) is 0 Å². The molecule has 0 aromatic carbocycles. The van der Waals surface area contributed by atoms with Crippen LogP contribution in [0.15, 0.2) is 0 Å². The van der Waals surface area contributed by atoms with Crippen molar-refractivity contribution in [2.75, 3.05) is 31.1 Å². The molecule has 112 valence electrons. The molecule has 1 aliphatic rings. The van der Waals surface area contributed by atoms with Crippen molar-refractivity contribution < 1.29 is 0 Å². The van der Waals surface area contributed by atoms with Gasteiger partial charge in [-0.05, 0) is 0 Å². The summed E-state index contributed by atoms with van der Waals surface area (Å²) in [5.41, 5.74) is 0. The molecule has 0 radical (unpaired) electrons. The van der Waals surface area contributed by atoms with Gasteiger partial charge in [-0.1, -0.05) is 69.6 Å². The third kappa shape index (κ3) is 4.26. The number of alkyl halides is 6. The number of hydrogen-bond acceptors (Lipinski definition) is 5. The van der Waals surface area contributed by atoms with E-state index in [1.807, 2.05) is 4.90 Å². The Labute approximate surface area is 145 Å². The van der Waals surface area contributed by atoms with Crippen LogP contribution in [0, 0.1) is 0 Å². The Morgan fingerprint density at radius 1 is 0.800 bits per heavy atom. The number of piperazine rings is 1. The standard InChI is InChI=1S/C9H9Cl6N5/c10-8(11,12)5-17-6(9(13,14)15)19-7(18-5)20-3-1-16-2-4-20/h16H,1-4H2. The molecule has 20 heavy (non-hydrogen) atoms. The number of anilines is 1. The van der Waals surface area contributed by atoms with Gasteiger partial charge in [-0.25, -0.2) is 4.98 Å². The van der Waals surface area contributed by atoms with Gasteiger partial charge in [0.25, 0.3) is 0 Å². The van der Waals surface area contributed by atoms with Crippen molar-refractivity contribution in [2.45, 2.75) is 7.59 Å². The van der Waals surface area contributed by atoms with E-state index in [1.54, 1.807) is 0 Å². The van der Waals surface area contributed by atoms with E-state index >= 15 is 0 Å². The van der Waals surface area contributed by atoms with Crippen LogP contribution < -0.4 is 10.2 Å². The summed E-state index contributed by atoms with van der Waals surface area (Å²) in [5, 5.41) is 3.20. The largest absolute Gasteiger partial charge is 0.338 e. The molecule has 11 heteroatoms. The zero-order valence-electron chi connectivity index (χ0n) is 9.89. The van der Waals surface area contributed by atoms with E-state index in [2.05, 4.69) is 20.3 Å². The number of halogens is 6. The molecular formula is C9H9Cl6N5. The van der Waals surface area contributed by atoms with Crippen LogP contribution in [0.25, 0.3) is 0 Å². The van der Waals surface area contributed by atoms with Crippen molar-refractivity contribution in [1.82, 2.24) is 20.3 Å². The number of rotatable bonds is 1. The van der Waals surface area contributed by atoms with Gasteiger partial charge in [0.05, 0.1) is 0 Å². The van der Waals surface area contributed by atoms with Gasteiger partial charge in [-0.3, -0.25) is 0 Å². The summed E-state index contributed by atoms with van der Waals surface area (Å²) < 4.78 is -3.65. The number of nitrogens with zero attached hydrogens (tertiary/aromatic N) is 4. The molecule has 2 rings (SSSR count). The molecule has 1 aliphatic heterocycles. The van der Waals surface area contributed by atoms with Crippen molar-refractivity contribution in [1.29, 1.82) is 0 Å². The third-order valence-corrected chi connectivity index (χ3v) is 3.54. The average molecular weight is 400 g/mol. The van der Waals surface area contributed by atoms with Crippen LogP contribution in [0.2, 0.25) is 0 Å². The zero-order valence-corrected chi connectivity index (χ0v) is 14.4. The average Bonchev–Trinajstić information content (AvgIpc) is 2.37. The van der Waals surface area contributed by atoms with Crippen molar-refractivity contribution in [2.24, 2.45) is 0 Å². The summed E-state index contributed by atoms with van der Waals surface area (Å²) in [4.78, 5) is 14.1. The Morgan fingerprint density at radius 3 is 1.65 bits per heavy atom. The molecule has 1 aromatic rings. The Morgan fingerprint density at radius 2 is 1.25 bits per heavy atom. The normalized spacial score (nSPS) is 17.4. The molecule has 1 N–H and O–H groups in total. The second-order valence-electron chi connectivity index (χ2n) is 4.02. The van der Waals surface area contributed by atoms with Gasteiger partial charge >= 0.3 is 0 Å². The maximum atomic E-state index is 5.81. The van der Waals surface area contributed by atoms with Gasteiger partial charge < -0.3 is 10.2 Å². The third-order valence-electron chi connectivity index (χ3n) is 2.53. The Balaban J connectivity index is 2.45. The lowest BCUT2D eigenvalue weighted by Gasteiger charge is -2.28. The number of nitrogens with one attached hydrogen (secondary N) is 1. The van der Waals surface area contributed by atoms with E-state index in [9.17, 15) is 0 Å². The van der Waals surface area contributed by atoms with Crippen LogP contribution in [-0.2, 0) is 7.59 Å². The fourth-order valence-corrected chi connectivity index (χ4v) is 2.13. The summed E-state index contributed by atoms with van der Waals surface area (Å²) in [5.74, 6) is 0.170. The summed E-state index contributed by atoms with van der Waals surface area (Å²) in [6, 6.07) is 0.